The van der Waals surface area contributed by atoms with Crippen LogP contribution < -0.4 is 5.32 Å². The highest BCUT2D eigenvalue weighted by atomic mass is 16.7. The molecule has 0 atom stereocenters. The predicted molar refractivity (Wildman–Crippen MR) is 95.0 cm³/mol. The number of piperidine rings is 1. The van der Waals surface area contributed by atoms with E-state index in [1.807, 2.05) is 4.90 Å². The molecule has 1 spiro atoms. The Hall–Kier alpha value is -1.96. The van der Waals surface area contributed by atoms with Gasteiger partial charge in [-0.1, -0.05) is 0 Å². The Bertz CT molecular complexity index is 615. The molecule has 0 bridgehead atoms. The van der Waals surface area contributed by atoms with Crippen molar-refractivity contribution < 1.29 is 23.8 Å². The molecule has 2 aliphatic heterocycles. The van der Waals surface area contributed by atoms with E-state index in [9.17, 15) is 9.59 Å². The van der Waals surface area contributed by atoms with Crippen molar-refractivity contribution in [2.75, 3.05) is 46.6 Å². The van der Waals surface area contributed by atoms with E-state index >= 15 is 0 Å². The van der Waals surface area contributed by atoms with Gasteiger partial charge < -0.3 is 24.4 Å². The first-order chi connectivity index (χ1) is 12.6. The number of rotatable bonds is 6. The molecule has 0 aromatic heterocycles. The van der Waals surface area contributed by atoms with Crippen molar-refractivity contribution in [1.29, 1.82) is 0 Å². The fourth-order valence-electron chi connectivity index (χ4n) is 3.30. The van der Waals surface area contributed by atoms with E-state index < -0.39 is 5.79 Å². The maximum absolute atomic E-state index is 12.7. The van der Waals surface area contributed by atoms with Gasteiger partial charge in [0.15, 0.2) is 5.79 Å². The number of carbonyl (C=O) groups excluding carboxylic acids is 2. The van der Waals surface area contributed by atoms with Crippen LogP contribution in [0.2, 0.25) is 0 Å². The van der Waals surface area contributed by atoms with Gasteiger partial charge in [0.25, 0.3) is 11.8 Å². The molecule has 3 rings (SSSR count). The molecule has 2 saturated heterocycles. The monoisotopic (exact) mass is 362 g/mol. The Labute approximate surface area is 153 Å². The van der Waals surface area contributed by atoms with Gasteiger partial charge in [-0.2, -0.15) is 0 Å². The summed E-state index contributed by atoms with van der Waals surface area (Å²) in [6.07, 6.45) is 2.16. The van der Waals surface area contributed by atoms with Crippen LogP contribution in [0.25, 0.3) is 0 Å². The lowest BCUT2D eigenvalue weighted by Gasteiger charge is -2.37. The van der Waals surface area contributed by atoms with Gasteiger partial charge in [-0.25, -0.2) is 0 Å². The Kier molecular flexibility index (Phi) is 6.24. The second-order valence-electron chi connectivity index (χ2n) is 6.58. The quantitative estimate of drug-likeness (QED) is 0.775. The van der Waals surface area contributed by atoms with Crippen molar-refractivity contribution >= 4 is 11.8 Å². The number of likely N-dealkylation sites (tertiary alicyclic amines) is 1. The highest BCUT2D eigenvalue weighted by Crippen LogP contribution is 2.31. The molecule has 1 aromatic rings. The molecule has 0 unspecified atom stereocenters. The summed E-state index contributed by atoms with van der Waals surface area (Å²) in [5, 5.41) is 2.83. The predicted octanol–water partition coefficient (Wildman–Crippen LogP) is 1.43. The van der Waals surface area contributed by atoms with E-state index in [1.165, 1.54) is 0 Å². The average Bonchev–Trinajstić information content (AvgIpc) is 3.13. The average molecular weight is 362 g/mol. The Morgan fingerprint density at radius 1 is 1.12 bits per heavy atom. The maximum Gasteiger partial charge on any atom is 0.253 e. The molecule has 2 heterocycles. The number of nitrogens with one attached hydrogen (secondary N) is 1. The van der Waals surface area contributed by atoms with Crippen LogP contribution in [-0.2, 0) is 14.2 Å². The van der Waals surface area contributed by atoms with Crippen LogP contribution >= 0.6 is 0 Å². The summed E-state index contributed by atoms with van der Waals surface area (Å²) in [5.41, 5.74) is 1.13. The van der Waals surface area contributed by atoms with Gasteiger partial charge in [0.2, 0.25) is 0 Å². The van der Waals surface area contributed by atoms with Crippen molar-refractivity contribution in [2.24, 2.45) is 0 Å². The van der Waals surface area contributed by atoms with Crippen molar-refractivity contribution in [1.82, 2.24) is 10.2 Å². The minimum Gasteiger partial charge on any atom is -0.385 e. The SMILES string of the molecule is COCCCNC(=O)c1ccc(C(=O)N2CCC3(CC2)OCCO3)cc1. The lowest BCUT2D eigenvalue weighted by atomic mass is 10.0. The highest BCUT2D eigenvalue weighted by molar-refractivity contribution is 5.97. The summed E-state index contributed by atoms with van der Waals surface area (Å²) in [6.45, 7) is 3.65. The zero-order valence-corrected chi connectivity index (χ0v) is 15.2. The Morgan fingerprint density at radius 2 is 1.73 bits per heavy atom. The third-order valence-electron chi connectivity index (χ3n) is 4.83. The molecule has 2 aliphatic rings. The first-order valence-corrected chi connectivity index (χ1v) is 9.08. The molecule has 2 amide bonds. The number of carbonyl (C=O) groups is 2. The fourth-order valence-corrected chi connectivity index (χ4v) is 3.30. The van der Waals surface area contributed by atoms with Crippen LogP contribution in [-0.4, -0.2) is 69.1 Å². The molecule has 7 nitrogen and oxygen atoms in total. The molecule has 7 heteroatoms. The van der Waals surface area contributed by atoms with Crippen molar-refractivity contribution in [2.45, 2.75) is 25.0 Å². The molecule has 2 fully saturated rings. The second kappa shape index (κ2) is 8.62. The van der Waals surface area contributed by atoms with E-state index in [0.29, 0.717) is 63.4 Å². The summed E-state index contributed by atoms with van der Waals surface area (Å²) in [7, 11) is 1.63. The lowest BCUT2D eigenvalue weighted by molar-refractivity contribution is -0.181. The minimum atomic E-state index is -0.485. The van der Waals surface area contributed by atoms with E-state index in [-0.39, 0.29) is 11.8 Å². The second-order valence-corrected chi connectivity index (χ2v) is 6.58. The highest BCUT2D eigenvalue weighted by Gasteiger charge is 2.40. The third-order valence-corrected chi connectivity index (χ3v) is 4.83. The van der Waals surface area contributed by atoms with Crippen molar-refractivity contribution in [3.63, 3.8) is 0 Å². The van der Waals surface area contributed by atoms with Gasteiger partial charge >= 0.3 is 0 Å². The zero-order chi connectivity index (χ0) is 18.4. The van der Waals surface area contributed by atoms with Gasteiger partial charge in [0, 0.05) is 57.3 Å². The molecular weight excluding hydrogens is 336 g/mol. The summed E-state index contributed by atoms with van der Waals surface area (Å²) >= 11 is 0. The third kappa shape index (κ3) is 4.41. The topological polar surface area (TPSA) is 77.1 Å². The summed E-state index contributed by atoms with van der Waals surface area (Å²) < 4.78 is 16.3. The smallest absolute Gasteiger partial charge is 0.253 e. The summed E-state index contributed by atoms with van der Waals surface area (Å²) in [5.74, 6) is -0.651. The Morgan fingerprint density at radius 3 is 2.35 bits per heavy atom. The van der Waals surface area contributed by atoms with E-state index in [4.69, 9.17) is 14.2 Å². The maximum atomic E-state index is 12.7. The number of methoxy groups -OCH3 is 1. The van der Waals surface area contributed by atoms with Crippen LogP contribution in [0.1, 0.15) is 40.0 Å². The van der Waals surface area contributed by atoms with Crippen LogP contribution in [0.4, 0.5) is 0 Å². The fraction of sp³-hybridized carbons (Fsp3) is 0.579. The van der Waals surface area contributed by atoms with Gasteiger partial charge in [-0.3, -0.25) is 9.59 Å². The van der Waals surface area contributed by atoms with Crippen molar-refractivity contribution in [3.05, 3.63) is 35.4 Å². The Balaban J connectivity index is 1.51. The summed E-state index contributed by atoms with van der Waals surface area (Å²) in [4.78, 5) is 26.5. The normalized spacial score (nSPS) is 18.9. The number of hydrogen-bond donors (Lipinski definition) is 1. The number of benzene rings is 1. The van der Waals surface area contributed by atoms with Crippen molar-refractivity contribution in [3.8, 4) is 0 Å². The molecule has 0 radical (unpaired) electrons. The standard InChI is InChI=1S/C19H26N2O5/c1-24-12-2-9-20-17(22)15-3-5-16(6-4-15)18(23)21-10-7-19(8-11-21)25-13-14-26-19/h3-6H,2,7-14H2,1H3,(H,20,22). The number of amides is 2. The molecule has 0 saturated carbocycles. The van der Waals surface area contributed by atoms with Crippen LogP contribution in [0, 0.1) is 0 Å². The largest absolute Gasteiger partial charge is 0.385 e. The molecule has 0 aliphatic carbocycles. The summed E-state index contributed by atoms with van der Waals surface area (Å²) in [6, 6.07) is 6.79. The number of nitrogens with zero attached hydrogens (tertiary/aromatic N) is 1. The van der Waals surface area contributed by atoms with E-state index in [0.717, 1.165) is 6.42 Å². The molecule has 1 N–H and O–H groups in total. The molecular formula is C19H26N2O5. The van der Waals surface area contributed by atoms with Gasteiger partial charge in [-0.15, -0.1) is 0 Å². The van der Waals surface area contributed by atoms with Crippen LogP contribution in [0.5, 0.6) is 0 Å². The van der Waals surface area contributed by atoms with Gasteiger partial charge in [-0.05, 0) is 30.7 Å². The van der Waals surface area contributed by atoms with Crippen LogP contribution in [0.15, 0.2) is 24.3 Å². The minimum absolute atomic E-state index is 0.0232. The molecule has 1 aromatic carbocycles. The lowest BCUT2D eigenvalue weighted by Crippen LogP contribution is -2.47. The van der Waals surface area contributed by atoms with E-state index in [2.05, 4.69) is 5.32 Å². The van der Waals surface area contributed by atoms with Crippen LogP contribution in [0.3, 0.4) is 0 Å². The number of ether oxygens (including phenoxy) is 3. The first kappa shape index (κ1) is 18.8. The molecule has 26 heavy (non-hydrogen) atoms. The molecule has 142 valence electrons. The first-order valence-electron chi connectivity index (χ1n) is 9.08. The van der Waals surface area contributed by atoms with Gasteiger partial charge in [0.1, 0.15) is 0 Å². The zero-order valence-electron chi connectivity index (χ0n) is 15.2. The van der Waals surface area contributed by atoms with Gasteiger partial charge in [0.05, 0.1) is 13.2 Å². The van der Waals surface area contributed by atoms with E-state index in [1.54, 1.807) is 31.4 Å². The number of hydrogen-bond acceptors (Lipinski definition) is 5.